The van der Waals surface area contributed by atoms with Gasteiger partial charge in [-0.25, -0.2) is 0 Å². The lowest BCUT2D eigenvalue weighted by atomic mass is 10.1. The molecular weight excluding hydrogens is 316 g/mol. The van der Waals surface area contributed by atoms with Crippen molar-refractivity contribution >= 4 is 23.2 Å². The zero-order valence-corrected chi connectivity index (χ0v) is 14.7. The van der Waals surface area contributed by atoms with Crippen molar-refractivity contribution in [2.24, 2.45) is 5.92 Å². The molecule has 2 aromatic carbocycles. The fraction of sp³-hybridized carbons (Fsp3) is 0.300. The number of carbonyl (C=O) groups is 2. The van der Waals surface area contributed by atoms with E-state index >= 15 is 0 Å². The highest BCUT2D eigenvalue weighted by Gasteiger charge is 2.35. The van der Waals surface area contributed by atoms with E-state index < -0.39 is 0 Å². The second-order valence-electron chi connectivity index (χ2n) is 6.36. The molecule has 1 N–H and O–H groups in total. The molecule has 0 aromatic heterocycles. The number of nitrogens with zero attached hydrogens (tertiary/aromatic N) is 1. The number of aryl methyl sites for hydroxylation is 2. The van der Waals surface area contributed by atoms with Gasteiger partial charge in [0.15, 0.2) is 0 Å². The monoisotopic (exact) mass is 338 g/mol. The summed E-state index contributed by atoms with van der Waals surface area (Å²) < 4.78 is 5.14. The number of carbonyl (C=O) groups excluding carboxylic acids is 2. The van der Waals surface area contributed by atoms with E-state index in [1.807, 2.05) is 56.3 Å². The number of rotatable bonds is 4. The number of benzene rings is 2. The highest BCUT2D eigenvalue weighted by atomic mass is 16.5. The minimum Gasteiger partial charge on any atom is -0.497 e. The van der Waals surface area contributed by atoms with Crippen LogP contribution in [-0.4, -0.2) is 25.5 Å². The zero-order chi connectivity index (χ0) is 18.0. The second-order valence-corrected chi connectivity index (χ2v) is 6.36. The van der Waals surface area contributed by atoms with Crippen LogP contribution in [0.15, 0.2) is 42.5 Å². The average Bonchev–Trinajstić information content (AvgIpc) is 3.00. The van der Waals surface area contributed by atoms with Gasteiger partial charge in [0.2, 0.25) is 11.8 Å². The Morgan fingerprint density at radius 2 is 1.76 bits per heavy atom. The average molecular weight is 338 g/mol. The van der Waals surface area contributed by atoms with E-state index in [4.69, 9.17) is 4.74 Å². The standard InChI is InChI=1S/C20H22N2O3/c1-13-5-4-6-14(2)19(13)21-20(24)15-11-18(23)22(12-15)16-7-9-17(25-3)10-8-16/h4-10,15H,11-12H2,1-3H3,(H,21,24)/t15-/m0/s1. The maximum Gasteiger partial charge on any atom is 0.229 e. The molecule has 2 amide bonds. The third-order valence-electron chi connectivity index (χ3n) is 4.61. The van der Waals surface area contributed by atoms with E-state index in [0.29, 0.717) is 6.54 Å². The summed E-state index contributed by atoms with van der Waals surface area (Å²) in [6, 6.07) is 13.2. The molecule has 0 aliphatic carbocycles. The van der Waals surface area contributed by atoms with Crippen molar-refractivity contribution in [1.29, 1.82) is 0 Å². The van der Waals surface area contributed by atoms with Gasteiger partial charge >= 0.3 is 0 Å². The first-order chi connectivity index (χ1) is 12.0. The van der Waals surface area contributed by atoms with E-state index in [1.54, 1.807) is 12.0 Å². The molecule has 2 aromatic rings. The molecule has 0 bridgehead atoms. The van der Waals surface area contributed by atoms with Crippen LogP contribution in [0.1, 0.15) is 17.5 Å². The summed E-state index contributed by atoms with van der Waals surface area (Å²) in [6.45, 7) is 4.32. The first-order valence-electron chi connectivity index (χ1n) is 8.31. The predicted molar refractivity (Wildman–Crippen MR) is 98.0 cm³/mol. The van der Waals surface area contributed by atoms with Crippen LogP contribution in [0.5, 0.6) is 5.75 Å². The second kappa shape index (κ2) is 6.97. The van der Waals surface area contributed by atoms with Gasteiger partial charge in [-0.3, -0.25) is 9.59 Å². The van der Waals surface area contributed by atoms with Crippen LogP contribution in [0.2, 0.25) is 0 Å². The fourth-order valence-electron chi connectivity index (χ4n) is 3.13. The molecule has 1 fully saturated rings. The van der Waals surface area contributed by atoms with Crippen molar-refractivity contribution in [1.82, 2.24) is 0 Å². The largest absolute Gasteiger partial charge is 0.497 e. The number of hydrogen-bond donors (Lipinski definition) is 1. The molecule has 0 radical (unpaired) electrons. The molecule has 5 nitrogen and oxygen atoms in total. The van der Waals surface area contributed by atoms with Crippen molar-refractivity contribution in [2.75, 3.05) is 23.9 Å². The van der Waals surface area contributed by atoms with Gasteiger partial charge < -0.3 is 15.0 Å². The molecule has 1 aliphatic heterocycles. The number of anilines is 2. The van der Waals surface area contributed by atoms with E-state index in [2.05, 4.69) is 5.32 Å². The van der Waals surface area contributed by atoms with Gasteiger partial charge in [-0.05, 0) is 49.2 Å². The van der Waals surface area contributed by atoms with Gasteiger partial charge in [0.25, 0.3) is 0 Å². The first kappa shape index (κ1) is 17.0. The van der Waals surface area contributed by atoms with E-state index in [-0.39, 0.29) is 24.2 Å². The summed E-state index contributed by atoms with van der Waals surface area (Å²) >= 11 is 0. The molecule has 1 atom stereocenters. The minimum absolute atomic E-state index is 0.0353. The summed E-state index contributed by atoms with van der Waals surface area (Å²) in [5, 5.41) is 2.99. The quantitative estimate of drug-likeness (QED) is 0.930. The van der Waals surface area contributed by atoms with E-state index in [0.717, 1.165) is 28.3 Å². The molecule has 0 saturated carbocycles. The van der Waals surface area contributed by atoms with Crippen LogP contribution >= 0.6 is 0 Å². The molecule has 25 heavy (non-hydrogen) atoms. The van der Waals surface area contributed by atoms with Crippen molar-refractivity contribution in [3.05, 3.63) is 53.6 Å². The van der Waals surface area contributed by atoms with Crippen LogP contribution in [-0.2, 0) is 9.59 Å². The third kappa shape index (κ3) is 3.50. The fourth-order valence-corrected chi connectivity index (χ4v) is 3.13. The smallest absolute Gasteiger partial charge is 0.229 e. The van der Waals surface area contributed by atoms with Crippen molar-refractivity contribution in [3.8, 4) is 5.75 Å². The van der Waals surface area contributed by atoms with Gasteiger partial charge in [-0.2, -0.15) is 0 Å². The van der Waals surface area contributed by atoms with Gasteiger partial charge in [0, 0.05) is 24.3 Å². The number of nitrogens with one attached hydrogen (secondary N) is 1. The Balaban J connectivity index is 1.72. The highest BCUT2D eigenvalue weighted by Crippen LogP contribution is 2.28. The number of methoxy groups -OCH3 is 1. The Hall–Kier alpha value is -2.82. The lowest BCUT2D eigenvalue weighted by Gasteiger charge is -2.18. The Labute approximate surface area is 147 Å². The molecule has 3 rings (SSSR count). The Bertz CT molecular complexity index is 779. The zero-order valence-electron chi connectivity index (χ0n) is 14.7. The summed E-state index contributed by atoms with van der Waals surface area (Å²) in [5.41, 5.74) is 3.66. The molecule has 1 saturated heterocycles. The Morgan fingerprint density at radius 3 is 2.36 bits per heavy atom. The maximum atomic E-state index is 12.6. The summed E-state index contributed by atoms with van der Waals surface area (Å²) in [5.74, 6) is 0.238. The minimum atomic E-state index is -0.353. The lowest BCUT2D eigenvalue weighted by Crippen LogP contribution is -2.28. The van der Waals surface area contributed by atoms with Crippen LogP contribution < -0.4 is 15.0 Å². The maximum absolute atomic E-state index is 12.6. The number of ether oxygens (including phenoxy) is 1. The normalized spacial score (nSPS) is 16.8. The molecule has 0 unspecified atom stereocenters. The molecule has 130 valence electrons. The highest BCUT2D eigenvalue weighted by molar-refractivity contribution is 6.03. The number of hydrogen-bond acceptors (Lipinski definition) is 3. The topological polar surface area (TPSA) is 58.6 Å². The number of para-hydroxylation sites is 1. The summed E-state index contributed by atoms with van der Waals surface area (Å²) in [4.78, 5) is 26.6. The van der Waals surface area contributed by atoms with Crippen LogP contribution in [0.4, 0.5) is 11.4 Å². The molecular formula is C20H22N2O3. The van der Waals surface area contributed by atoms with E-state index in [1.165, 1.54) is 0 Å². The van der Waals surface area contributed by atoms with Gasteiger partial charge in [-0.15, -0.1) is 0 Å². The van der Waals surface area contributed by atoms with Gasteiger partial charge in [0.05, 0.1) is 13.0 Å². The summed E-state index contributed by atoms with van der Waals surface area (Å²) in [7, 11) is 1.60. The lowest BCUT2D eigenvalue weighted by molar-refractivity contribution is -0.122. The first-order valence-corrected chi connectivity index (χ1v) is 8.31. The van der Waals surface area contributed by atoms with Gasteiger partial charge in [0.1, 0.15) is 5.75 Å². The number of amides is 2. The van der Waals surface area contributed by atoms with Crippen LogP contribution in [0.3, 0.4) is 0 Å². The summed E-state index contributed by atoms with van der Waals surface area (Å²) in [6.07, 6.45) is 0.225. The Morgan fingerprint density at radius 1 is 1.12 bits per heavy atom. The van der Waals surface area contributed by atoms with Crippen molar-refractivity contribution in [2.45, 2.75) is 20.3 Å². The Kier molecular flexibility index (Phi) is 4.74. The van der Waals surface area contributed by atoms with Crippen LogP contribution in [0, 0.1) is 19.8 Å². The molecule has 0 spiro atoms. The molecule has 1 aliphatic rings. The van der Waals surface area contributed by atoms with Crippen molar-refractivity contribution < 1.29 is 14.3 Å². The van der Waals surface area contributed by atoms with Crippen LogP contribution in [0.25, 0.3) is 0 Å². The van der Waals surface area contributed by atoms with Gasteiger partial charge in [-0.1, -0.05) is 18.2 Å². The van der Waals surface area contributed by atoms with E-state index in [9.17, 15) is 9.59 Å². The predicted octanol–water partition coefficient (Wildman–Crippen LogP) is 3.30. The van der Waals surface area contributed by atoms with Crippen molar-refractivity contribution in [3.63, 3.8) is 0 Å². The third-order valence-corrected chi connectivity index (χ3v) is 4.61. The molecule has 1 heterocycles. The SMILES string of the molecule is COc1ccc(N2C[C@@H](C(=O)Nc3c(C)cccc3C)CC2=O)cc1. The molecule has 5 heteroatoms.